The summed E-state index contributed by atoms with van der Waals surface area (Å²) in [5.74, 6) is 0.622. The second-order valence-corrected chi connectivity index (χ2v) is 3.21. The monoisotopic (exact) mass is 177 g/mol. The van der Waals surface area contributed by atoms with Crippen LogP contribution in [-0.4, -0.2) is 15.8 Å². The lowest BCUT2D eigenvalue weighted by atomic mass is 10.2. The molecular formula is C9H11N3O. The van der Waals surface area contributed by atoms with Gasteiger partial charge in [-0.25, -0.2) is 4.98 Å². The Morgan fingerprint density at radius 1 is 1.62 bits per heavy atom. The van der Waals surface area contributed by atoms with Gasteiger partial charge in [-0.2, -0.15) is 0 Å². The highest BCUT2D eigenvalue weighted by Gasteiger charge is 2.22. The number of amides is 1. The fraction of sp³-hybridized carbons (Fsp3) is 0.333. The summed E-state index contributed by atoms with van der Waals surface area (Å²) >= 11 is 0. The van der Waals surface area contributed by atoms with Crippen molar-refractivity contribution in [2.24, 2.45) is 0 Å². The van der Waals surface area contributed by atoms with Gasteiger partial charge in [0.2, 0.25) is 5.91 Å². The number of nitrogens with two attached hydrogens (primary N) is 1. The zero-order valence-corrected chi connectivity index (χ0v) is 7.45. The number of hydrogen-bond acceptors (Lipinski definition) is 3. The van der Waals surface area contributed by atoms with Gasteiger partial charge in [0, 0.05) is 31.8 Å². The van der Waals surface area contributed by atoms with Gasteiger partial charge in [0.25, 0.3) is 0 Å². The van der Waals surface area contributed by atoms with Crippen molar-refractivity contribution < 1.29 is 4.79 Å². The molecule has 0 saturated heterocycles. The molecule has 1 aliphatic rings. The summed E-state index contributed by atoms with van der Waals surface area (Å²) in [6.45, 7) is 2.83. The molecule has 4 nitrogen and oxygen atoms in total. The van der Waals surface area contributed by atoms with Gasteiger partial charge in [-0.15, -0.1) is 0 Å². The minimum atomic E-state index is 0.0793. The highest BCUT2D eigenvalue weighted by Crippen LogP contribution is 2.25. The number of carbonyl (C=O) groups is 1. The molecule has 0 atom stereocenters. The Morgan fingerprint density at radius 2 is 2.38 bits per heavy atom. The van der Waals surface area contributed by atoms with E-state index in [1.54, 1.807) is 18.0 Å². The molecule has 1 aliphatic heterocycles. The second kappa shape index (κ2) is 2.73. The largest absolute Gasteiger partial charge is 0.383 e. The first-order valence-electron chi connectivity index (χ1n) is 4.16. The predicted octanol–water partition coefficient (Wildman–Crippen LogP) is 0.526. The first-order chi connectivity index (χ1) is 6.18. The van der Waals surface area contributed by atoms with Crippen molar-refractivity contribution in [1.29, 1.82) is 0 Å². The van der Waals surface area contributed by atoms with E-state index in [1.165, 1.54) is 0 Å². The number of carbonyl (C=O) groups excluding carboxylic acids is 1. The molecule has 2 N–H and O–H groups in total. The van der Waals surface area contributed by atoms with Crippen molar-refractivity contribution in [3.8, 4) is 0 Å². The topological polar surface area (TPSA) is 59.2 Å². The van der Waals surface area contributed by atoms with E-state index in [-0.39, 0.29) is 5.91 Å². The van der Waals surface area contributed by atoms with Gasteiger partial charge in [0.05, 0.1) is 0 Å². The number of nitrogen functional groups attached to an aromatic ring is 1. The summed E-state index contributed by atoms with van der Waals surface area (Å²) in [7, 11) is 0. The van der Waals surface area contributed by atoms with Crippen LogP contribution in [0, 0.1) is 0 Å². The van der Waals surface area contributed by atoms with Gasteiger partial charge < -0.3 is 10.6 Å². The van der Waals surface area contributed by atoms with E-state index < -0.39 is 0 Å². The Morgan fingerprint density at radius 3 is 3.00 bits per heavy atom. The second-order valence-electron chi connectivity index (χ2n) is 3.21. The average molecular weight is 177 g/mol. The molecule has 13 heavy (non-hydrogen) atoms. The fourth-order valence-electron chi connectivity index (χ4n) is 1.56. The van der Waals surface area contributed by atoms with Gasteiger partial charge in [0.1, 0.15) is 5.82 Å². The maximum absolute atomic E-state index is 11.1. The Balaban J connectivity index is 2.35. The number of pyridine rings is 1. The maximum Gasteiger partial charge on any atom is 0.220 e. The molecule has 0 bridgehead atoms. The molecule has 0 saturated carbocycles. The van der Waals surface area contributed by atoms with E-state index in [2.05, 4.69) is 4.98 Å². The number of aromatic nitrogens is 1. The lowest BCUT2D eigenvalue weighted by Gasteiger charge is -2.11. The number of rotatable bonds is 0. The lowest BCUT2D eigenvalue weighted by Crippen LogP contribution is -2.21. The van der Waals surface area contributed by atoms with Crippen molar-refractivity contribution in [1.82, 2.24) is 9.88 Å². The Hall–Kier alpha value is -1.58. The summed E-state index contributed by atoms with van der Waals surface area (Å²) in [6.07, 6.45) is 1.68. The van der Waals surface area contributed by atoms with Gasteiger partial charge in [-0.1, -0.05) is 0 Å². The maximum atomic E-state index is 11.1. The molecule has 1 aromatic rings. The molecule has 2 rings (SSSR count). The van der Waals surface area contributed by atoms with E-state index in [9.17, 15) is 4.79 Å². The van der Waals surface area contributed by atoms with Crippen molar-refractivity contribution in [2.45, 2.75) is 20.0 Å². The van der Waals surface area contributed by atoms with Crippen LogP contribution < -0.4 is 5.73 Å². The molecule has 0 unspecified atom stereocenters. The summed E-state index contributed by atoms with van der Waals surface area (Å²) in [5.41, 5.74) is 7.80. The predicted molar refractivity (Wildman–Crippen MR) is 48.6 cm³/mol. The molecule has 0 aromatic carbocycles. The summed E-state index contributed by atoms with van der Waals surface area (Å²) in [6, 6.07) is 1.91. The zero-order chi connectivity index (χ0) is 9.42. The molecule has 68 valence electrons. The third kappa shape index (κ3) is 1.24. The molecule has 0 radical (unpaired) electrons. The van der Waals surface area contributed by atoms with Gasteiger partial charge in [-0.3, -0.25) is 4.79 Å². The van der Waals surface area contributed by atoms with Crippen LogP contribution in [0.3, 0.4) is 0 Å². The van der Waals surface area contributed by atoms with E-state index in [1.807, 2.05) is 6.07 Å². The first-order valence-corrected chi connectivity index (χ1v) is 4.16. The Kier molecular flexibility index (Phi) is 1.69. The van der Waals surface area contributed by atoms with E-state index in [0.29, 0.717) is 18.9 Å². The van der Waals surface area contributed by atoms with Crippen molar-refractivity contribution in [3.05, 3.63) is 23.4 Å². The average Bonchev–Trinajstić information content (AvgIpc) is 2.49. The smallest absolute Gasteiger partial charge is 0.220 e. The van der Waals surface area contributed by atoms with Crippen molar-refractivity contribution in [2.75, 3.05) is 5.73 Å². The normalized spacial score (nSPS) is 14.4. The number of hydrogen-bond donors (Lipinski definition) is 1. The Labute approximate surface area is 76.4 Å². The standard InChI is InChI=1S/C9H11N3O/c1-6(13)12-4-7-2-3-11-9(10)8(7)5-12/h2-3H,4-5H2,1H3,(H2,10,11). The molecule has 1 aromatic heterocycles. The number of fused-ring (bicyclic) bond motifs is 1. The molecule has 2 heterocycles. The molecule has 4 heteroatoms. The molecule has 0 aliphatic carbocycles. The minimum Gasteiger partial charge on any atom is -0.383 e. The third-order valence-electron chi connectivity index (χ3n) is 2.34. The van der Waals surface area contributed by atoms with Crippen LogP contribution in [0.15, 0.2) is 12.3 Å². The van der Waals surface area contributed by atoms with Gasteiger partial charge in [-0.05, 0) is 11.6 Å². The van der Waals surface area contributed by atoms with Crippen LogP contribution in [0.4, 0.5) is 5.82 Å². The van der Waals surface area contributed by atoms with Crippen LogP contribution >= 0.6 is 0 Å². The van der Waals surface area contributed by atoms with Gasteiger partial charge in [0.15, 0.2) is 0 Å². The molecule has 0 spiro atoms. The summed E-state index contributed by atoms with van der Waals surface area (Å²) < 4.78 is 0. The number of nitrogens with zero attached hydrogens (tertiary/aromatic N) is 2. The minimum absolute atomic E-state index is 0.0793. The first kappa shape index (κ1) is 8.04. The van der Waals surface area contributed by atoms with Crippen LogP contribution in [-0.2, 0) is 17.9 Å². The number of anilines is 1. The van der Waals surface area contributed by atoms with Crippen LogP contribution in [0.5, 0.6) is 0 Å². The lowest BCUT2D eigenvalue weighted by molar-refractivity contribution is -0.129. The quantitative estimate of drug-likeness (QED) is 0.628. The molecule has 0 fully saturated rings. The van der Waals surface area contributed by atoms with E-state index in [4.69, 9.17) is 5.73 Å². The zero-order valence-electron chi connectivity index (χ0n) is 7.45. The van der Waals surface area contributed by atoms with Crippen LogP contribution in [0.2, 0.25) is 0 Å². The van der Waals surface area contributed by atoms with Gasteiger partial charge >= 0.3 is 0 Å². The molecule has 1 amide bonds. The summed E-state index contributed by atoms with van der Waals surface area (Å²) in [4.78, 5) is 16.8. The van der Waals surface area contributed by atoms with Crippen molar-refractivity contribution >= 4 is 11.7 Å². The highest BCUT2D eigenvalue weighted by atomic mass is 16.2. The Bertz CT molecular complexity index is 362. The molecular weight excluding hydrogens is 166 g/mol. The SMILES string of the molecule is CC(=O)N1Cc2ccnc(N)c2C1. The summed E-state index contributed by atoms with van der Waals surface area (Å²) in [5, 5.41) is 0. The fourth-order valence-corrected chi connectivity index (χ4v) is 1.56. The van der Waals surface area contributed by atoms with Crippen LogP contribution in [0.25, 0.3) is 0 Å². The van der Waals surface area contributed by atoms with E-state index in [0.717, 1.165) is 11.1 Å². The third-order valence-corrected chi connectivity index (χ3v) is 2.34. The van der Waals surface area contributed by atoms with Crippen LogP contribution in [0.1, 0.15) is 18.1 Å². The van der Waals surface area contributed by atoms with Crippen molar-refractivity contribution in [3.63, 3.8) is 0 Å². The van der Waals surface area contributed by atoms with E-state index >= 15 is 0 Å². The highest BCUT2D eigenvalue weighted by molar-refractivity contribution is 5.74.